The Kier molecular flexibility index (Phi) is 5.99. The van der Waals surface area contributed by atoms with Gasteiger partial charge in [-0.05, 0) is 0 Å². The van der Waals surface area contributed by atoms with Crippen LogP contribution in [0.5, 0.6) is 11.5 Å². The zero-order valence-corrected chi connectivity index (χ0v) is 16.3. The summed E-state index contributed by atoms with van der Waals surface area (Å²) in [7, 11) is -1.55. The summed E-state index contributed by atoms with van der Waals surface area (Å²) in [4.78, 5) is 0. The van der Waals surface area contributed by atoms with Crippen LogP contribution in [0.15, 0.2) is 24.3 Å². The standard InChI is InChI=1S/C15H28GeO2Si/c1-7-19(8-2,9-3)18-15-12-10-14(11-13-15)17-16(4,5)6/h10-13H,7-9H2,1-6H3. The van der Waals surface area contributed by atoms with Crippen LogP contribution in [0.4, 0.5) is 0 Å². The second-order valence-electron chi connectivity index (χ2n) is 6.03. The number of hydrogen-bond acceptors (Lipinski definition) is 2. The first-order chi connectivity index (χ1) is 8.84. The predicted octanol–water partition coefficient (Wildman–Crippen LogP) is 5.28. The molecule has 0 atom stereocenters. The van der Waals surface area contributed by atoms with Gasteiger partial charge in [-0.15, -0.1) is 0 Å². The summed E-state index contributed by atoms with van der Waals surface area (Å²) >= 11 is -1.99. The average molecular weight is 341 g/mol. The molecule has 19 heavy (non-hydrogen) atoms. The summed E-state index contributed by atoms with van der Waals surface area (Å²) in [6.07, 6.45) is 0. The van der Waals surface area contributed by atoms with Crippen LogP contribution in [0.25, 0.3) is 0 Å². The summed E-state index contributed by atoms with van der Waals surface area (Å²) in [5, 5.41) is 0. The molecule has 4 heteroatoms. The van der Waals surface area contributed by atoms with E-state index < -0.39 is 21.9 Å². The monoisotopic (exact) mass is 342 g/mol. The van der Waals surface area contributed by atoms with Crippen LogP contribution in [0, 0.1) is 0 Å². The van der Waals surface area contributed by atoms with E-state index in [1.807, 2.05) is 12.1 Å². The average Bonchev–Trinajstić information content (AvgIpc) is 2.37. The summed E-state index contributed by atoms with van der Waals surface area (Å²) in [5.41, 5.74) is 0. The Balaban J connectivity index is 2.76. The van der Waals surface area contributed by atoms with Crippen LogP contribution < -0.4 is 8.19 Å². The topological polar surface area (TPSA) is 18.5 Å². The Hall–Kier alpha value is -0.420. The van der Waals surface area contributed by atoms with E-state index in [9.17, 15) is 0 Å². The number of benzene rings is 1. The Labute approximate surface area is 122 Å². The summed E-state index contributed by atoms with van der Waals surface area (Å²) in [6, 6.07) is 11.7. The van der Waals surface area contributed by atoms with Gasteiger partial charge in [0, 0.05) is 0 Å². The van der Waals surface area contributed by atoms with Gasteiger partial charge >= 0.3 is 122 Å². The van der Waals surface area contributed by atoms with E-state index in [1.54, 1.807) is 0 Å². The van der Waals surface area contributed by atoms with Gasteiger partial charge in [-0.25, -0.2) is 0 Å². The second-order valence-corrected chi connectivity index (χ2v) is 20.0. The molecule has 0 saturated carbocycles. The molecule has 0 N–H and O–H groups in total. The van der Waals surface area contributed by atoms with Gasteiger partial charge < -0.3 is 0 Å². The van der Waals surface area contributed by atoms with Crippen molar-refractivity contribution in [2.45, 2.75) is 56.2 Å². The van der Waals surface area contributed by atoms with Crippen LogP contribution in [0.2, 0.25) is 35.4 Å². The fourth-order valence-electron chi connectivity index (χ4n) is 2.15. The van der Waals surface area contributed by atoms with Crippen LogP contribution >= 0.6 is 0 Å². The molecule has 0 aliphatic heterocycles. The molecule has 0 aromatic heterocycles. The van der Waals surface area contributed by atoms with Crippen molar-refractivity contribution < 1.29 is 8.19 Å². The molecule has 1 rings (SSSR count). The van der Waals surface area contributed by atoms with Crippen molar-refractivity contribution in [2.24, 2.45) is 0 Å². The first kappa shape index (κ1) is 16.6. The Bertz CT molecular complexity index is 372. The molecule has 0 unspecified atom stereocenters. The molecule has 0 bridgehead atoms. The molecule has 1 aromatic carbocycles. The molecule has 2 nitrogen and oxygen atoms in total. The first-order valence-electron chi connectivity index (χ1n) is 7.32. The molecule has 0 saturated heterocycles. The number of rotatable bonds is 7. The molecular weight excluding hydrogens is 313 g/mol. The molecule has 0 aliphatic carbocycles. The van der Waals surface area contributed by atoms with Crippen LogP contribution in [-0.4, -0.2) is 21.9 Å². The molecule has 0 heterocycles. The van der Waals surface area contributed by atoms with Gasteiger partial charge in [0.15, 0.2) is 0 Å². The van der Waals surface area contributed by atoms with E-state index in [1.165, 1.54) is 18.1 Å². The molecule has 0 radical (unpaired) electrons. The van der Waals surface area contributed by atoms with Crippen molar-refractivity contribution in [2.75, 3.05) is 0 Å². The molecule has 0 spiro atoms. The first-order valence-corrected chi connectivity index (χ1v) is 17.0. The predicted molar refractivity (Wildman–Crippen MR) is 88.2 cm³/mol. The third kappa shape index (κ3) is 5.22. The SMILES string of the molecule is CC[Si](CC)(CC)Oc1ccc([O][Ge]([CH3])([CH3])[CH3])cc1. The van der Waals surface area contributed by atoms with Crippen LogP contribution in [0.1, 0.15) is 20.8 Å². The van der Waals surface area contributed by atoms with Crippen molar-refractivity contribution in [3.63, 3.8) is 0 Å². The van der Waals surface area contributed by atoms with E-state index >= 15 is 0 Å². The van der Waals surface area contributed by atoms with Gasteiger partial charge in [0.05, 0.1) is 0 Å². The molecular formula is C15H28GeO2Si. The van der Waals surface area contributed by atoms with Gasteiger partial charge in [0.2, 0.25) is 0 Å². The molecule has 108 valence electrons. The summed E-state index contributed by atoms with van der Waals surface area (Å²) in [6.45, 7) is 6.76. The minimum absolute atomic E-state index is 0.983. The Morgan fingerprint density at radius 1 is 0.842 bits per heavy atom. The van der Waals surface area contributed by atoms with Crippen molar-refractivity contribution in [3.05, 3.63) is 24.3 Å². The van der Waals surface area contributed by atoms with E-state index in [0.717, 1.165) is 11.5 Å². The Morgan fingerprint density at radius 2 is 1.26 bits per heavy atom. The fraction of sp³-hybridized carbons (Fsp3) is 0.600. The molecule has 1 aromatic rings. The van der Waals surface area contributed by atoms with Gasteiger partial charge in [0.25, 0.3) is 0 Å². The molecule has 0 aliphatic rings. The third-order valence-corrected chi connectivity index (χ3v) is 9.83. The minimum atomic E-state index is -1.99. The van der Waals surface area contributed by atoms with Gasteiger partial charge in [-0.2, -0.15) is 0 Å². The van der Waals surface area contributed by atoms with Gasteiger partial charge in [0.1, 0.15) is 0 Å². The van der Waals surface area contributed by atoms with E-state index in [0.29, 0.717) is 0 Å². The van der Waals surface area contributed by atoms with Crippen molar-refractivity contribution in [3.8, 4) is 11.5 Å². The van der Waals surface area contributed by atoms with Crippen molar-refractivity contribution >= 4 is 21.9 Å². The quantitative estimate of drug-likeness (QED) is 0.628. The second kappa shape index (κ2) is 6.84. The maximum absolute atomic E-state index is 6.33. The molecule has 0 amide bonds. The van der Waals surface area contributed by atoms with E-state index in [4.69, 9.17) is 8.19 Å². The third-order valence-electron chi connectivity index (χ3n) is 3.52. The zero-order valence-electron chi connectivity index (χ0n) is 13.2. The van der Waals surface area contributed by atoms with E-state index in [2.05, 4.69) is 50.2 Å². The molecule has 0 fully saturated rings. The van der Waals surface area contributed by atoms with Crippen LogP contribution in [-0.2, 0) is 0 Å². The van der Waals surface area contributed by atoms with E-state index in [-0.39, 0.29) is 0 Å². The zero-order chi connectivity index (χ0) is 14.5. The summed E-state index contributed by atoms with van der Waals surface area (Å²) < 4.78 is 12.3. The number of hydrogen-bond donors (Lipinski definition) is 0. The fourth-order valence-corrected chi connectivity index (χ4v) is 6.48. The maximum atomic E-state index is 6.33. The Morgan fingerprint density at radius 3 is 1.63 bits per heavy atom. The normalized spacial score (nSPS) is 12.3. The summed E-state index contributed by atoms with van der Waals surface area (Å²) in [5.74, 6) is 8.72. The van der Waals surface area contributed by atoms with Gasteiger partial charge in [-0.3, -0.25) is 0 Å². The van der Waals surface area contributed by atoms with Crippen molar-refractivity contribution in [1.82, 2.24) is 0 Å². The van der Waals surface area contributed by atoms with Crippen LogP contribution in [0.3, 0.4) is 0 Å². The van der Waals surface area contributed by atoms with Crippen molar-refractivity contribution in [1.29, 1.82) is 0 Å². The van der Waals surface area contributed by atoms with Gasteiger partial charge in [-0.1, -0.05) is 0 Å².